The van der Waals surface area contributed by atoms with Gasteiger partial charge in [0.25, 0.3) is 5.91 Å². The van der Waals surface area contributed by atoms with Crippen LogP contribution in [0.25, 0.3) is 16.3 Å². The minimum atomic E-state index is -0.866. The highest BCUT2D eigenvalue weighted by Crippen LogP contribution is 2.33. The summed E-state index contributed by atoms with van der Waals surface area (Å²) in [6.07, 6.45) is 3.40. The van der Waals surface area contributed by atoms with Crippen molar-refractivity contribution >= 4 is 55.6 Å². The maximum atomic E-state index is 15.0. The molecule has 176 valence electrons. The minimum Gasteiger partial charge on any atom is -0.383 e. The number of nitrogen functional groups attached to an aromatic ring is 1. The van der Waals surface area contributed by atoms with Crippen LogP contribution in [0, 0.1) is 5.41 Å². The SMILES string of the molecule is C/C(=C(/F)C(=O)Nc1ccc(C2CCN(C(=N)N)CC2)cc1Br)c1ccc2ccnc(N)c2c1. The number of amides is 1. The average molecular weight is 525 g/mol. The van der Waals surface area contributed by atoms with Crippen LogP contribution in [0.15, 0.2) is 59.0 Å². The van der Waals surface area contributed by atoms with E-state index in [1.807, 2.05) is 29.2 Å². The number of pyridine rings is 1. The first kappa shape index (κ1) is 23.7. The number of carbonyl (C=O) groups excluding carboxylic acids is 1. The molecular weight excluding hydrogens is 499 g/mol. The highest BCUT2D eigenvalue weighted by Gasteiger charge is 2.22. The zero-order chi connectivity index (χ0) is 24.4. The summed E-state index contributed by atoms with van der Waals surface area (Å²) in [5.41, 5.74) is 13.9. The number of nitrogens with zero attached hydrogens (tertiary/aromatic N) is 2. The third-order valence-corrected chi connectivity index (χ3v) is 6.96. The Morgan fingerprint density at radius 2 is 1.94 bits per heavy atom. The summed E-state index contributed by atoms with van der Waals surface area (Å²) in [4.78, 5) is 18.6. The quantitative estimate of drug-likeness (QED) is 0.217. The van der Waals surface area contributed by atoms with Crippen LogP contribution < -0.4 is 16.8 Å². The highest BCUT2D eigenvalue weighted by molar-refractivity contribution is 9.10. The molecule has 0 saturated carbocycles. The van der Waals surface area contributed by atoms with Gasteiger partial charge in [-0.1, -0.05) is 18.2 Å². The van der Waals surface area contributed by atoms with E-state index in [0.29, 0.717) is 32.8 Å². The van der Waals surface area contributed by atoms with Crippen molar-refractivity contribution in [3.05, 3.63) is 70.1 Å². The number of hydrogen-bond acceptors (Lipinski definition) is 4. The number of guanidine groups is 1. The Labute approximate surface area is 205 Å². The summed E-state index contributed by atoms with van der Waals surface area (Å²) in [5.74, 6) is -0.889. The molecule has 1 aromatic heterocycles. The fourth-order valence-corrected chi connectivity index (χ4v) is 4.73. The Balaban J connectivity index is 1.49. The topological polar surface area (TPSA) is 121 Å². The molecule has 1 aliphatic rings. The largest absolute Gasteiger partial charge is 0.383 e. The van der Waals surface area contributed by atoms with Gasteiger partial charge in [0.15, 0.2) is 11.8 Å². The molecular formula is C25H26BrFN6O. The van der Waals surface area contributed by atoms with Crippen LogP contribution in [-0.2, 0) is 4.79 Å². The van der Waals surface area contributed by atoms with Crippen molar-refractivity contribution in [2.45, 2.75) is 25.7 Å². The first-order chi connectivity index (χ1) is 16.2. The van der Waals surface area contributed by atoms with E-state index in [9.17, 15) is 4.79 Å². The predicted octanol–water partition coefficient (Wildman–Crippen LogP) is 4.99. The third-order valence-electron chi connectivity index (χ3n) is 6.31. The lowest BCUT2D eigenvalue weighted by molar-refractivity contribution is -0.114. The van der Waals surface area contributed by atoms with E-state index in [1.165, 1.54) is 0 Å². The van der Waals surface area contributed by atoms with E-state index in [-0.39, 0.29) is 11.5 Å². The first-order valence-corrected chi connectivity index (χ1v) is 11.7. The Hall–Kier alpha value is -3.46. The van der Waals surface area contributed by atoms with Crippen LogP contribution in [0.4, 0.5) is 15.9 Å². The number of hydrogen-bond donors (Lipinski definition) is 4. The highest BCUT2D eigenvalue weighted by atomic mass is 79.9. The number of rotatable bonds is 4. The summed E-state index contributed by atoms with van der Waals surface area (Å²) in [6, 6.07) is 12.8. The van der Waals surface area contributed by atoms with Gasteiger partial charge in [0.1, 0.15) is 5.82 Å². The zero-order valence-corrected chi connectivity index (χ0v) is 20.3. The summed E-state index contributed by atoms with van der Waals surface area (Å²) in [7, 11) is 0. The van der Waals surface area contributed by atoms with Crippen LogP contribution >= 0.6 is 15.9 Å². The number of fused-ring (bicyclic) bond motifs is 1. The molecule has 1 fully saturated rings. The first-order valence-electron chi connectivity index (χ1n) is 11.0. The van der Waals surface area contributed by atoms with E-state index < -0.39 is 11.7 Å². The van der Waals surface area contributed by atoms with Crippen LogP contribution in [0.3, 0.4) is 0 Å². The molecule has 0 unspecified atom stereocenters. The molecule has 34 heavy (non-hydrogen) atoms. The number of aromatic nitrogens is 1. The number of benzene rings is 2. The number of carbonyl (C=O) groups is 1. The maximum Gasteiger partial charge on any atom is 0.284 e. The molecule has 1 aliphatic heterocycles. The maximum absolute atomic E-state index is 15.0. The van der Waals surface area contributed by atoms with Crippen molar-refractivity contribution in [3.8, 4) is 0 Å². The van der Waals surface area contributed by atoms with Crippen molar-refractivity contribution in [1.82, 2.24) is 9.88 Å². The standard InChI is InChI=1S/C25H26BrFN6O/c1-14(17-3-2-16-6-9-31-23(28)19(16)12-17)22(27)24(34)32-21-5-4-18(13-20(21)26)15-7-10-33(11-8-15)25(29)30/h2-6,9,12-13,15H,7-8,10-11H2,1H3,(H2,28,31)(H3,29,30)(H,32,34)/b22-14-. The number of likely N-dealkylation sites (tertiary alicyclic amines) is 1. The molecule has 7 nitrogen and oxygen atoms in total. The van der Waals surface area contributed by atoms with Crippen molar-refractivity contribution in [3.63, 3.8) is 0 Å². The fraction of sp³-hybridized carbons (Fsp3) is 0.240. The Bertz CT molecular complexity index is 1300. The smallest absolute Gasteiger partial charge is 0.284 e. The second-order valence-electron chi connectivity index (χ2n) is 8.41. The van der Waals surface area contributed by atoms with Crippen LogP contribution in [0.5, 0.6) is 0 Å². The average Bonchev–Trinajstić information content (AvgIpc) is 2.84. The molecule has 2 aromatic carbocycles. The van der Waals surface area contributed by atoms with Gasteiger partial charge in [-0.2, -0.15) is 0 Å². The zero-order valence-electron chi connectivity index (χ0n) is 18.7. The van der Waals surface area contributed by atoms with Crippen molar-refractivity contribution in [2.24, 2.45) is 5.73 Å². The summed E-state index contributed by atoms with van der Waals surface area (Å²) < 4.78 is 15.7. The van der Waals surface area contributed by atoms with Gasteiger partial charge in [-0.3, -0.25) is 10.2 Å². The van der Waals surface area contributed by atoms with Gasteiger partial charge < -0.3 is 21.7 Å². The number of anilines is 2. The molecule has 4 rings (SSSR count). The normalized spacial score (nSPS) is 15.2. The van der Waals surface area contributed by atoms with Gasteiger partial charge in [-0.25, -0.2) is 9.37 Å². The Kier molecular flexibility index (Phi) is 6.83. The summed E-state index contributed by atoms with van der Waals surface area (Å²) in [5, 5.41) is 11.8. The van der Waals surface area contributed by atoms with Crippen LogP contribution in [0.2, 0.25) is 0 Å². The monoisotopic (exact) mass is 524 g/mol. The van der Waals surface area contributed by atoms with Crippen molar-refractivity contribution < 1.29 is 9.18 Å². The lowest BCUT2D eigenvalue weighted by Crippen LogP contribution is -2.41. The number of nitrogens with two attached hydrogens (primary N) is 2. The van der Waals surface area contributed by atoms with Gasteiger partial charge in [0.05, 0.1) is 5.69 Å². The molecule has 0 bridgehead atoms. The molecule has 0 radical (unpaired) electrons. The second kappa shape index (κ2) is 9.80. The third kappa shape index (κ3) is 4.89. The molecule has 6 N–H and O–H groups in total. The van der Waals surface area contributed by atoms with Gasteiger partial charge in [-0.15, -0.1) is 0 Å². The van der Waals surface area contributed by atoms with E-state index in [2.05, 4.69) is 26.2 Å². The van der Waals surface area contributed by atoms with Crippen molar-refractivity contribution in [1.29, 1.82) is 5.41 Å². The van der Waals surface area contributed by atoms with Gasteiger partial charge >= 0.3 is 0 Å². The van der Waals surface area contributed by atoms with Crippen LogP contribution in [-0.4, -0.2) is 34.8 Å². The molecule has 0 atom stereocenters. The second-order valence-corrected chi connectivity index (χ2v) is 9.27. The minimum absolute atomic E-state index is 0.104. The molecule has 1 amide bonds. The number of allylic oxidation sites excluding steroid dienone is 1. The van der Waals surface area contributed by atoms with Gasteiger partial charge in [0, 0.05) is 29.1 Å². The molecule has 0 aliphatic carbocycles. The van der Waals surface area contributed by atoms with E-state index in [0.717, 1.165) is 36.9 Å². The Morgan fingerprint density at radius 1 is 1.21 bits per heavy atom. The number of nitrogens with one attached hydrogen (secondary N) is 2. The molecule has 9 heteroatoms. The van der Waals surface area contributed by atoms with E-state index >= 15 is 4.39 Å². The van der Waals surface area contributed by atoms with Crippen LogP contribution in [0.1, 0.15) is 36.8 Å². The summed E-state index contributed by atoms with van der Waals surface area (Å²) in [6.45, 7) is 3.04. The van der Waals surface area contributed by atoms with Gasteiger partial charge in [0.2, 0.25) is 0 Å². The number of piperidine rings is 1. The predicted molar refractivity (Wildman–Crippen MR) is 138 cm³/mol. The summed E-state index contributed by atoms with van der Waals surface area (Å²) >= 11 is 3.50. The molecule has 0 spiro atoms. The molecule has 2 heterocycles. The van der Waals surface area contributed by atoms with Crippen molar-refractivity contribution in [2.75, 3.05) is 24.1 Å². The van der Waals surface area contributed by atoms with E-state index in [4.69, 9.17) is 16.9 Å². The molecule has 1 saturated heterocycles. The lowest BCUT2D eigenvalue weighted by atomic mass is 9.89. The molecule has 3 aromatic rings. The fourth-order valence-electron chi connectivity index (χ4n) is 4.24. The Morgan fingerprint density at radius 3 is 2.62 bits per heavy atom. The van der Waals surface area contributed by atoms with E-state index in [1.54, 1.807) is 31.3 Å². The van der Waals surface area contributed by atoms with Gasteiger partial charge in [-0.05, 0) is 88.0 Å². The lowest BCUT2D eigenvalue weighted by Gasteiger charge is -2.32. The number of halogens is 2.